The first-order valence-corrected chi connectivity index (χ1v) is 7.13. The maximum absolute atomic E-state index is 12.4. The Kier molecular flexibility index (Phi) is 4.68. The van der Waals surface area contributed by atoms with Gasteiger partial charge in [-0.2, -0.15) is 0 Å². The van der Waals surface area contributed by atoms with Crippen LogP contribution in [0.2, 0.25) is 5.02 Å². The van der Waals surface area contributed by atoms with Crippen LogP contribution in [0.4, 0.5) is 0 Å². The molecule has 0 bridgehead atoms. The SMILES string of the molecule is CN(Cc1ccccc1O)C(=O)c1cc(Br)ccc1Cl. The van der Waals surface area contributed by atoms with Crippen molar-refractivity contribution in [2.75, 3.05) is 7.05 Å². The molecule has 0 saturated carbocycles. The molecule has 0 radical (unpaired) electrons. The van der Waals surface area contributed by atoms with E-state index in [4.69, 9.17) is 11.6 Å². The molecule has 0 aliphatic carbocycles. The molecule has 0 atom stereocenters. The lowest BCUT2D eigenvalue weighted by molar-refractivity contribution is 0.0784. The average molecular weight is 355 g/mol. The van der Waals surface area contributed by atoms with Crippen LogP contribution in [0.25, 0.3) is 0 Å². The summed E-state index contributed by atoms with van der Waals surface area (Å²) in [5, 5.41) is 10.1. The third-order valence-electron chi connectivity index (χ3n) is 2.90. The average Bonchev–Trinajstić information content (AvgIpc) is 2.43. The topological polar surface area (TPSA) is 40.5 Å². The van der Waals surface area contributed by atoms with E-state index in [-0.39, 0.29) is 11.7 Å². The molecule has 2 aromatic rings. The number of hydrogen-bond acceptors (Lipinski definition) is 2. The summed E-state index contributed by atoms with van der Waals surface area (Å²) in [7, 11) is 1.67. The summed E-state index contributed by atoms with van der Waals surface area (Å²) in [5.41, 5.74) is 1.12. The highest BCUT2D eigenvalue weighted by molar-refractivity contribution is 9.10. The summed E-state index contributed by atoms with van der Waals surface area (Å²) in [5.74, 6) is -0.0213. The number of amides is 1. The summed E-state index contributed by atoms with van der Waals surface area (Å²) >= 11 is 9.37. The van der Waals surface area contributed by atoms with Crippen molar-refractivity contribution in [3.05, 3.63) is 63.1 Å². The first-order valence-electron chi connectivity index (χ1n) is 5.96. The molecule has 1 N–H and O–H groups in total. The monoisotopic (exact) mass is 353 g/mol. The highest BCUT2D eigenvalue weighted by atomic mass is 79.9. The third kappa shape index (κ3) is 3.32. The minimum atomic E-state index is -0.195. The van der Waals surface area contributed by atoms with Crippen LogP contribution in [0, 0.1) is 0 Å². The van der Waals surface area contributed by atoms with Crippen LogP contribution < -0.4 is 0 Å². The standard InChI is InChI=1S/C15H13BrClNO2/c1-18(9-10-4-2-3-5-14(10)19)15(20)12-8-11(16)6-7-13(12)17/h2-8,19H,9H2,1H3. The number of carbonyl (C=O) groups excluding carboxylic acids is 1. The Labute approximate surface area is 130 Å². The zero-order chi connectivity index (χ0) is 14.7. The molecule has 3 nitrogen and oxygen atoms in total. The van der Waals surface area contributed by atoms with Crippen LogP contribution in [0.3, 0.4) is 0 Å². The molecule has 0 heterocycles. The zero-order valence-corrected chi connectivity index (χ0v) is 13.1. The van der Waals surface area contributed by atoms with Gasteiger partial charge in [-0.05, 0) is 24.3 Å². The lowest BCUT2D eigenvalue weighted by atomic mass is 10.1. The van der Waals surface area contributed by atoms with Crippen molar-refractivity contribution in [1.82, 2.24) is 4.90 Å². The number of phenols is 1. The Morgan fingerprint density at radius 2 is 2.00 bits per heavy atom. The molecule has 2 rings (SSSR count). The van der Waals surface area contributed by atoms with E-state index in [9.17, 15) is 9.90 Å². The number of nitrogens with zero attached hydrogens (tertiary/aromatic N) is 1. The highest BCUT2D eigenvalue weighted by Crippen LogP contribution is 2.24. The second-order valence-corrected chi connectivity index (χ2v) is 5.74. The van der Waals surface area contributed by atoms with E-state index in [0.717, 1.165) is 4.47 Å². The second-order valence-electron chi connectivity index (χ2n) is 4.41. The normalized spacial score (nSPS) is 10.3. The Balaban J connectivity index is 2.21. The quantitative estimate of drug-likeness (QED) is 0.902. The van der Waals surface area contributed by atoms with Gasteiger partial charge in [0.05, 0.1) is 10.6 Å². The Bertz CT molecular complexity index is 646. The number of carbonyl (C=O) groups is 1. The van der Waals surface area contributed by atoms with Gasteiger partial charge in [-0.25, -0.2) is 0 Å². The van der Waals surface area contributed by atoms with E-state index in [1.54, 1.807) is 43.4 Å². The van der Waals surface area contributed by atoms with E-state index in [2.05, 4.69) is 15.9 Å². The molecule has 104 valence electrons. The van der Waals surface area contributed by atoms with Crippen LogP contribution in [0.15, 0.2) is 46.9 Å². The molecule has 5 heteroatoms. The first kappa shape index (κ1) is 14.9. The number of rotatable bonds is 3. The maximum atomic E-state index is 12.4. The summed E-state index contributed by atoms with van der Waals surface area (Å²) in [6, 6.07) is 12.1. The first-order chi connectivity index (χ1) is 9.49. The van der Waals surface area contributed by atoms with Crippen molar-refractivity contribution in [2.24, 2.45) is 0 Å². The minimum Gasteiger partial charge on any atom is -0.508 e. The van der Waals surface area contributed by atoms with E-state index in [0.29, 0.717) is 22.7 Å². The van der Waals surface area contributed by atoms with E-state index < -0.39 is 0 Å². The number of benzene rings is 2. The number of para-hydroxylation sites is 1. The fraction of sp³-hybridized carbons (Fsp3) is 0.133. The van der Waals surface area contributed by atoms with E-state index in [1.165, 1.54) is 4.90 Å². The summed E-state index contributed by atoms with van der Waals surface area (Å²) in [6.45, 7) is 0.314. The van der Waals surface area contributed by atoms with Gasteiger partial charge in [0.2, 0.25) is 0 Å². The predicted octanol–water partition coefficient (Wildman–Crippen LogP) is 4.08. The lowest BCUT2D eigenvalue weighted by Crippen LogP contribution is -2.26. The molecular weight excluding hydrogens is 342 g/mol. The van der Waals surface area contributed by atoms with Crippen LogP contribution >= 0.6 is 27.5 Å². The Morgan fingerprint density at radius 1 is 1.30 bits per heavy atom. The molecule has 0 aliphatic rings. The number of hydrogen-bond donors (Lipinski definition) is 1. The zero-order valence-electron chi connectivity index (χ0n) is 10.8. The van der Waals surface area contributed by atoms with Gasteiger partial charge in [0.25, 0.3) is 5.91 Å². The van der Waals surface area contributed by atoms with Crippen LogP contribution in [0.1, 0.15) is 15.9 Å². The van der Waals surface area contributed by atoms with E-state index in [1.807, 2.05) is 6.07 Å². The highest BCUT2D eigenvalue weighted by Gasteiger charge is 2.16. The smallest absolute Gasteiger partial charge is 0.255 e. The van der Waals surface area contributed by atoms with Crippen molar-refractivity contribution < 1.29 is 9.90 Å². The summed E-state index contributed by atoms with van der Waals surface area (Å²) < 4.78 is 0.793. The molecule has 1 amide bonds. The van der Waals surface area contributed by atoms with Gasteiger partial charge in [0.1, 0.15) is 5.75 Å². The molecular formula is C15H13BrClNO2. The van der Waals surface area contributed by atoms with Gasteiger partial charge >= 0.3 is 0 Å². The maximum Gasteiger partial charge on any atom is 0.255 e. The fourth-order valence-electron chi connectivity index (χ4n) is 1.84. The van der Waals surface area contributed by atoms with Crippen molar-refractivity contribution in [3.8, 4) is 5.75 Å². The molecule has 0 spiro atoms. The molecule has 2 aromatic carbocycles. The van der Waals surface area contributed by atoms with Gasteiger partial charge < -0.3 is 10.0 Å². The Hall–Kier alpha value is -1.52. The molecule has 20 heavy (non-hydrogen) atoms. The van der Waals surface area contributed by atoms with Crippen molar-refractivity contribution >= 4 is 33.4 Å². The number of aromatic hydroxyl groups is 1. The molecule has 0 aliphatic heterocycles. The Morgan fingerprint density at radius 3 is 2.70 bits per heavy atom. The molecule has 0 saturated heterocycles. The van der Waals surface area contributed by atoms with Gasteiger partial charge in [0.15, 0.2) is 0 Å². The van der Waals surface area contributed by atoms with Crippen molar-refractivity contribution in [3.63, 3.8) is 0 Å². The largest absolute Gasteiger partial charge is 0.508 e. The predicted molar refractivity (Wildman–Crippen MR) is 83.1 cm³/mol. The molecule has 0 aromatic heterocycles. The van der Waals surface area contributed by atoms with Gasteiger partial charge in [-0.3, -0.25) is 4.79 Å². The van der Waals surface area contributed by atoms with Crippen LogP contribution in [0.5, 0.6) is 5.75 Å². The van der Waals surface area contributed by atoms with Crippen molar-refractivity contribution in [2.45, 2.75) is 6.54 Å². The van der Waals surface area contributed by atoms with E-state index >= 15 is 0 Å². The number of phenolic OH excluding ortho intramolecular Hbond substituents is 1. The molecule has 0 fully saturated rings. The van der Waals surface area contributed by atoms with Gasteiger partial charge in [-0.1, -0.05) is 45.7 Å². The lowest BCUT2D eigenvalue weighted by Gasteiger charge is -2.18. The van der Waals surface area contributed by atoms with Crippen LogP contribution in [-0.4, -0.2) is 23.0 Å². The van der Waals surface area contributed by atoms with Gasteiger partial charge in [-0.15, -0.1) is 0 Å². The van der Waals surface area contributed by atoms with Gasteiger partial charge in [0, 0.05) is 23.6 Å². The second kappa shape index (κ2) is 6.29. The van der Waals surface area contributed by atoms with Crippen molar-refractivity contribution in [1.29, 1.82) is 0 Å². The third-order valence-corrected chi connectivity index (χ3v) is 3.73. The molecule has 0 unspecified atom stereocenters. The summed E-state index contributed by atoms with van der Waals surface area (Å²) in [6.07, 6.45) is 0. The van der Waals surface area contributed by atoms with Crippen LogP contribution in [-0.2, 0) is 6.54 Å². The minimum absolute atomic E-state index is 0.174. The fourth-order valence-corrected chi connectivity index (χ4v) is 2.40. The summed E-state index contributed by atoms with van der Waals surface area (Å²) in [4.78, 5) is 13.9. The number of halogens is 2.